The standard InChI is InChI=1S/C16H14BrNO3/c1-11-6-8-12(9-7-11)18(10-15(19)20)16(21)13-4-2-3-5-14(13)17/h2-9H,10H2,1H3,(H,19,20). The number of halogens is 1. The second-order valence-electron chi connectivity index (χ2n) is 4.60. The van der Waals surface area contributed by atoms with Gasteiger partial charge in [-0.1, -0.05) is 29.8 Å². The first-order valence-corrected chi connectivity index (χ1v) is 7.13. The lowest BCUT2D eigenvalue weighted by Crippen LogP contribution is -2.35. The summed E-state index contributed by atoms with van der Waals surface area (Å²) in [5.41, 5.74) is 2.03. The maximum absolute atomic E-state index is 12.6. The van der Waals surface area contributed by atoms with E-state index in [0.29, 0.717) is 15.7 Å². The Bertz CT molecular complexity index is 667. The van der Waals surface area contributed by atoms with Crippen LogP contribution in [0.1, 0.15) is 15.9 Å². The first-order chi connectivity index (χ1) is 9.99. The molecule has 0 saturated heterocycles. The van der Waals surface area contributed by atoms with E-state index < -0.39 is 5.97 Å². The molecule has 0 aliphatic rings. The maximum Gasteiger partial charge on any atom is 0.323 e. The van der Waals surface area contributed by atoms with Gasteiger partial charge in [0, 0.05) is 10.2 Å². The summed E-state index contributed by atoms with van der Waals surface area (Å²) in [6.07, 6.45) is 0. The predicted molar refractivity (Wildman–Crippen MR) is 84.6 cm³/mol. The van der Waals surface area contributed by atoms with Crippen molar-refractivity contribution in [2.45, 2.75) is 6.92 Å². The zero-order chi connectivity index (χ0) is 15.4. The molecule has 0 fully saturated rings. The third kappa shape index (κ3) is 3.70. The van der Waals surface area contributed by atoms with Gasteiger partial charge in [0.05, 0.1) is 5.56 Å². The molecule has 0 aliphatic carbocycles. The summed E-state index contributed by atoms with van der Waals surface area (Å²) in [5, 5.41) is 9.06. The molecule has 2 aromatic rings. The van der Waals surface area contributed by atoms with Crippen LogP contribution in [-0.4, -0.2) is 23.5 Å². The molecule has 2 aromatic carbocycles. The number of anilines is 1. The number of rotatable bonds is 4. The molecule has 2 rings (SSSR count). The van der Waals surface area contributed by atoms with Crippen LogP contribution in [-0.2, 0) is 4.79 Å². The topological polar surface area (TPSA) is 57.6 Å². The highest BCUT2D eigenvalue weighted by Crippen LogP contribution is 2.22. The zero-order valence-electron chi connectivity index (χ0n) is 11.4. The van der Waals surface area contributed by atoms with Gasteiger partial charge in [0.25, 0.3) is 5.91 Å². The van der Waals surface area contributed by atoms with E-state index >= 15 is 0 Å². The summed E-state index contributed by atoms with van der Waals surface area (Å²) in [7, 11) is 0. The van der Waals surface area contributed by atoms with Gasteiger partial charge in [0.2, 0.25) is 0 Å². The third-order valence-corrected chi connectivity index (χ3v) is 3.68. The number of nitrogens with zero attached hydrogens (tertiary/aromatic N) is 1. The summed E-state index contributed by atoms with van der Waals surface area (Å²) in [6.45, 7) is 1.55. The Morgan fingerprint density at radius 1 is 1.10 bits per heavy atom. The van der Waals surface area contributed by atoms with Crippen LogP contribution < -0.4 is 4.90 Å². The van der Waals surface area contributed by atoms with Crippen molar-refractivity contribution >= 4 is 33.5 Å². The first kappa shape index (κ1) is 15.3. The van der Waals surface area contributed by atoms with E-state index in [0.717, 1.165) is 5.56 Å². The predicted octanol–water partition coefficient (Wildman–Crippen LogP) is 3.49. The van der Waals surface area contributed by atoms with E-state index in [1.54, 1.807) is 36.4 Å². The normalized spacial score (nSPS) is 10.2. The first-order valence-electron chi connectivity index (χ1n) is 6.34. The zero-order valence-corrected chi connectivity index (χ0v) is 13.0. The van der Waals surface area contributed by atoms with Gasteiger partial charge in [-0.15, -0.1) is 0 Å². The van der Waals surface area contributed by atoms with Gasteiger partial charge in [-0.25, -0.2) is 0 Å². The second kappa shape index (κ2) is 6.54. The van der Waals surface area contributed by atoms with E-state index in [-0.39, 0.29) is 12.5 Å². The van der Waals surface area contributed by atoms with Crippen molar-refractivity contribution < 1.29 is 14.7 Å². The summed E-state index contributed by atoms with van der Waals surface area (Å²) >= 11 is 3.32. The molecular weight excluding hydrogens is 334 g/mol. The van der Waals surface area contributed by atoms with Crippen LogP contribution in [0.5, 0.6) is 0 Å². The molecule has 0 aromatic heterocycles. The molecular formula is C16H14BrNO3. The van der Waals surface area contributed by atoms with E-state index in [9.17, 15) is 9.59 Å². The van der Waals surface area contributed by atoms with Crippen LogP contribution >= 0.6 is 15.9 Å². The SMILES string of the molecule is Cc1ccc(N(CC(=O)O)C(=O)c2ccccc2Br)cc1. The summed E-state index contributed by atoms with van der Waals surface area (Å²) < 4.78 is 0.637. The molecule has 0 bridgehead atoms. The van der Waals surface area contributed by atoms with Crippen molar-refractivity contribution in [1.29, 1.82) is 0 Å². The van der Waals surface area contributed by atoms with Crippen LogP contribution in [0.3, 0.4) is 0 Å². The molecule has 0 unspecified atom stereocenters. The van der Waals surface area contributed by atoms with Crippen molar-refractivity contribution in [1.82, 2.24) is 0 Å². The van der Waals surface area contributed by atoms with Crippen molar-refractivity contribution in [2.24, 2.45) is 0 Å². The minimum atomic E-state index is -1.06. The fraction of sp³-hybridized carbons (Fsp3) is 0.125. The van der Waals surface area contributed by atoms with Crippen LogP contribution in [0.25, 0.3) is 0 Å². The van der Waals surface area contributed by atoms with Crippen molar-refractivity contribution in [3.8, 4) is 0 Å². The Kier molecular flexibility index (Phi) is 4.75. The molecule has 0 spiro atoms. The molecule has 5 heteroatoms. The number of carboxylic acids is 1. The highest BCUT2D eigenvalue weighted by Gasteiger charge is 2.21. The lowest BCUT2D eigenvalue weighted by molar-refractivity contribution is -0.135. The summed E-state index contributed by atoms with van der Waals surface area (Å²) in [6, 6.07) is 14.1. The minimum Gasteiger partial charge on any atom is -0.480 e. The molecule has 108 valence electrons. The van der Waals surface area contributed by atoms with E-state index in [1.807, 2.05) is 19.1 Å². The Morgan fingerprint density at radius 3 is 2.29 bits per heavy atom. The lowest BCUT2D eigenvalue weighted by atomic mass is 10.1. The van der Waals surface area contributed by atoms with Gasteiger partial charge < -0.3 is 5.11 Å². The highest BCUT2D eigenvalue weighted by molar-refractivity contribution is 9.10. The van der Waals surface area contributed by atoms with E-state index in [1.165, 1.54) is 4.90 Å². The number of carbonyl (C=O) groups is 2. The average Bonchev–Trinajstić information content (AvgIpc) is 2.45. The molecule has 0 aliphatic heterocycles. The smallest absolute Gasteiger partial charge is 0.323 e. The Labute approximate surface area is 131 Å². The number of carboxylic acid groups (broad SMARTS) is 1. The second-order valence-corrected chi connectivity index (χ2v) is 5.45. The Hall–Kier alpha value is -2.14. The summed E-state index contributed by atoms with van der Waals surface area (Å²) in [4.78, 5) is 24.9. The fourth-order valence-corrected chi connectivity index (χ4v) is 2.37. The Balaban J connectivity index is 2.40. The van der Waals surface area contributed by atoms with Crippen LogP contribution in [0, 0.1) is 6.92 Å². The van der Waals surface area contributed by atoms with Crippen LogP contribution in [0.15, 0.2) is 53.0 Å². The number of aliphatic carboxylic acids is 1. The van der Waals surface area contributed by atoms with Gasteiger partial charge in [-0.05, 0) is 47.1 Å². The molecule has 0 radical (unpaired) electrons. The number of benzene rings is 2. The number of aryl methyl sites for hydroxylation is 1. The lowest BCUT2D eigenvalue weighted by Gasteiger charge is -2.21. The molecule has 1 amide bonds. The van der Waals surface area contributed by atoms with Crippen molar-refractivity contribution in [2.75, 3.05) is 11.4 Å². The molecule has 21 heavy (non-hydrogen) atoms. The van der Waals surface area contributed by atoms with Gasteiger partial charge in [-0.3, -0.25) is 14.5 Å². The van der Waals surface area contributed by atoms with Gasteiger partial charge >= 0.3 is 5.97 Å². The maximum atomic E-state index is 12.6. The molecule has 0 heterocycles. The van der Waals surface area contributed by atoms with Crippen LogP contribution in [0.4, 0.5) is 5.69 Å². The van der Waals surface area contributed by atoms with E-state index in [2.05, 4.69) is 15.9 Å². The summed E-state index contributed by atoms with van der Waals surface area (Å²) in [5.74, 6) is -1.41. The number of hydrogen-bond donors (Lipinski definition) is 1. The third-order valence-electron chi connectivity index (χ3n) is 2.99. The monoisotopic (exact) mass is 347 g/mol. The molecule has 0 saturated carbocycles. The van der Waals surface area contributed by atoms with Gasteiger partial charge in [-0.2, -0.15) is 0 Å². The van der Waals surface area contributed by atoms with Crippen molar-refractivity contribution in [3.63, 3.8) is 0 Å². The number of carbonyl (C=O) groups excluding carboxylic acids is 1. The van der Waals surface area contributed by atoms with Crippen molar-refractivity contribution in [3.05, 3.63) is 64.1 Å². The molecule has 0 atom stereocenters. The quantitative estimate of drug-likeness (QED) is 0.920. The highest BCUT2D eigenvalue weighted by atomic mass is 79.9. The number of amides is 1. The number of hydrogen-bond acceptors (Lipinski definition) is 2. The fourth-order valence-electron chi connectivity index (χ4n) is 1.92. The minimum absolute atomic E-state index is 0.353. The van der Waals surface area contributed by atoms with Gasteiger partial charge in [0.1, 0.15) is 6.54 Å². The van der Waals surface area contributed by atoms with Gasteiger partial charge in [0.15, 0.2) is 0 Å². The largest absolute Gasteiger partial charge is 0.480 e. The van der Waals surface area contributed by atoms with Crippen LogP contribution in [0.2, 0.25) is 0 Å². The molecule has 1 N–H and O–H groups in total. The average molecular weight is 348 g/mol. The molecule has 4 nitrogen and oxygen atoms in total. The Morgan fingerprint density at radius 2 is 1.71 bits per heavy atom. The van der Waals surface area contributed by atoms with E-state index in [4.69, 9.17) is 5.11 Å².